The lowest BCUT2D eigenvalue weighted by Gasteiger charge is -2.36. The van der Waals surface area contributed by atoms with Crippen molar-refractivity contribution >= 4 is 17.4 Å². The Morgan fingerprint density at radius 3 is 2.16 bits per heavy atom. The second kappa shape index (κ2) is 9.74. The lowest BCUT2D eigenvalue weighted by atomic mass is 10.1. The number of benzene rings is 1. The molecule has 0 radical (unpaired) electrons. The van der Waals surface area contributed by atoms with Crippen molar-refractivity contribution in [3.8, 4) is 17.4 Å². The Bertz CT molecular complexity index is 904. The summed E-state index contributed by atoms with van der Waals surface area (Å²) < 4.78 is 16.0. The third-order valence-corrected chi connectivity index (χ3v) is 5.37. The summed E-state index contributed by atoms with van der Waals surface area (Å²) in [6.07, 6.45) is -0.697. The number of anilines is 2. The smallest absolute Gasteiger partial charge is 0.322 e. The number of pyridine rings is 1. The van der Waals surface area contributed by atoms with E-state index in [0.717, 1.165) is 17.2 Å². The van der Waals surface area contributed by atoms with Crippen molar-refractivity contribution in [1.82, 2.24) is 9.88 Å². The zero-order chi connectivity index (χ0) is 22.5. The Labute approximate surface area is 182 Å². The SMILES string of the molecule is COc1cc(OC)cc(N2CCN(C(=O)Nc3cc(C(C)O)c(C)nc3OC)CC2)c1. The van der Waals surface area contributed by atoms with Crippen LogP contribution in [0.25, 0.3) is 0 Å². The summed E-state index contributed by atoms with van der Waals surface area (Å²) in [5.74, 6) is 1.77. The second-order valence-corrected chi connectivity index (χ2v) is 7.37. The number of rotatable bonds is 6. The number of hydrogen-bond donors (Lipinski definition) is 2. The Kier molecular flexibility index (Phi) is 7.06. The molecule has 1 unspecified atom stereocenters. The molecule has 1 aliphatic heterocycles. The number of amides is 2. The number of nitrogens with one attached hydrogen (secondary N) is 1. The van der Waals surface area contributed by atoms with Crippen LogP contribution in [0.15, 0.2) is 24.3 Å². The second-order valence-electron chi connectivity index (χ2n) is 7.37. The summed E-state index contributed by atoms with van der Waals surface area (Å²) in [6, 6.07) is 7.22. The number of carbonyl (C=O) groups excluding carboxylic acids is 1. The standard InChI is InChI=1S/C22H30N4O5/c1-14-19(15(2)27)13-20(21(23-14)31-5)24-22(28)26-8-6-25(7-9-26)16-10-17(29-3)12-18(11-16)30-4/h10-13,15,27H,6-9H2,1-5H3,(H,24,28). The Hall–Kier alpha value is -3.20. The molecular weight excluding hydrogens is 400 g/mol. The molecule has 0 spiro atoms. The molecule has 1 aromatic heterocycles. The van der Waals surface area contributed by atoms with E-state index in [1.165, 1.54) is 7.11 Å². The number of methoxy groups -OCH3 is 3. The molecule has 2 aromatic rings. The van der Waals surface area contributed by atoms with E-state index in [2.05, 4.69) is 15.2 Å². The van der Waals surface area contributed by atoms with E-state index in [4.69, 9.17) is 14.2 Å². The monoisotopic (exact) mass is 430 g/mol. The summed E-state index contributed by atoms with van der Waals surface area (Å²) in [7, 11) is 4.75. The number of urea groups is 1. The summed E-state index contributed by atoms with van der Waals surface area (Å²) in [5, 5.41) is 12.8. The minimum atomic E-state index is -0.697. The van der Waals surface area contributed by atoms with Crippen LogP contribution in [0.5, 0.6) is 17.4 Å². The number of aryl methyl sites for hydroxylation is 1. The van der Waals surface area contributed by atoms with Crippen LogP contribution in [0.2, 0.25) is 0 Å². The summed E-state index contributed by atoms with van der Waals surface area (Å²) in [5.41, 5.74) is 2.73. The van der Waals surface area contributed by atoms with Gasteiger partial charge in [0.2, 0.25) is 5.88 Å². The van der Waals surface area contributed by atoms with E-state index in [9.17, 15) is 9.90 Å². The molecule has 0 saturated carbocycles. The minimum absolute atomic E-state index is 0.233. The zero-order valence-corrected chi connectivity index (χ0v) is 18.6. The van der Waals surface area contributed by atoms with Crippen LogP contribution in [0.3, 0.4) is 0 Å². The highest BCUT2D eigenvalue weighted by Crippen LogP contribution is 2.30. The Morgan fingerprint density at radius 1 is 1.03 bits per heavy atom. The lowest BCUT2D eigenvalue weighted by molar-refractivity contribution is 0.197. The first-order chi connectivity index (χ1) is 14.9. The molecule has 0 bridgehead atoms. The fraction of sp³-hybridized carbons (Fsp3) is 0.455. The van der Waals surface area contributed by atoms with Gasteiger partial charge in [-0.15, -0.1) is 0 Å². The van der Waals surface area contributed by atoms with Crippen LogP contribution in [0.4, 0.5) is 16.2 Å². The number of aromatic nitrogens is 1. The molecule has 2 heterocycles. The van der Waals surface area contributed by atoms with Crippen molar-refractivity contribution in [2.24, 2.45) is 0 Å². The number of aliphatic hydroxyl groups is 1. The largest absolute Gasteiger partial charge is 0.497 e. The molecule has 31 heavy (non-hydrogen) atoms. The number of hydrogen-bond acceptors (Lipinski definition) is 7. The molecule has 1 aliphatic rings. The maximum Gasteiger partial charge on any atom is 0.322 e. The normalized spacial score (nSPS) is 14.8. The maximum atomic E-state index is 12.9. The molecule has 1 atom stereocenters. The lowest BCUT2D eigenvalue weighted by Crippen LogP contribution is -2.50. The molecule has 2 N–H and O–H groups in total. The van der Waals surface area contributed by atoms with E-state index < -0.39 is 6.10 Å². The highest BCUT2D eigenvalue weighted by Gasteiger charge is 2.24. The molecule has 1 fully saturated rings. The van der Waals surface area contributed by atoms with Crippen LogP contribution in [0.1, 0.15) is 24.3 Å². The van der Waals surface area contributed by atoms with Gasteiger partial charge in [0.05, 0.1) is 27.4 Å². The fourth-order valence-electron chi connectivity index (χ4n) is 3.60. The predicted octanol–water partition coefficient (Wildman–Crippen LogP) is 2.82. The highest BCUT2D eigenvalue weighted by atomic mass is 16.5. The minimum Gasteiger partial charge on any atom is -0.497 e. The first-order valence-electron chi connectivity index (χ1n) is 10.1. The van der Waals surface area contributed by atoms with E-state index in [0.29, 0.717) is 49.0 Å². The molecule has 9 heteroatoms. The summed E-state index contributed by atoms with van der Waals surface area (Å²) in [4.78, 5) is 21.1. The van der Waals surface area contributed by atoms with Crippen molar-refractivity contribution in [2.75, 3.05) is 57.7 Å². The van der Waals surface area contributed by atoms with Gasteiger partial charge in [0.1, 0.15) is 17.2 Å². The molecule has 2 amide bonds. The molecular formula is C22H30N4O5. The van der Waals surface area contributed by atoms with Crippen LogP contribution >= 0.6 is 0 Å². The van der Waals surface area contributed by atoms with Crippen LogP contribution in [-0.2, 0) is 0 Å². The highest BCUT2D eigenvalue weighted by molar-refractivity contribution is 5.91. The number of ether oxygens (including phenoxy) is 3. The van der Waals surface area contributed by atoms with Crippen LogP contribution in [-0.4, -0.2) is 68.5 Å². The third-order valence-electron chi connectivity index (χ3n) is 5.37. The zero-order valence-electron chi connectivity index (χ0n) is 18.6. The molecule has 1 saturated heterocycles. The van der Waals surface area contributed by atoms with E-state index in [1.54, 1.807) is 39.0 Å². The van der Waals surface area contributed by atoms with Crippen molar-refractivity contribution in [3.05, 3.63) is 35.5 Å². The van der Waals surface area contributed by atoms with Crippen LogP contribution < -0.4 is 24.4 Å². The summed E-state index contributed by atoms with van der Waals surface area (Å²) >= 11 is 0. The van der Waals surface area contributed by atoms with E-state index in [1.807, 2.05) is 18.2 Å². The topological polar surface area (TPSA) is 96.4 Å². The molecule has 1 aromatic carbocycles. The first-order valence-corrected chi connectivity index (χ1v) is 10.1. The molecule has 168 valence electrons. The molecule has 3 rings (SSSR count). The number of piperazine rings is 1. The van der Waals surface area contributed by atoms with Crippen LogP contribution in [0, 0.1) is 6.92 Å². The molecule has 9 nitrogen and oxygen atoms in total. The van der Waals surface area contributed by atoms with E-state index in [-0.39, 0.29) is 6.03 Å². The van der Waals surface area contributed by atoms with Gasteiger partial charge in [0.25, 0.3) is 0 Å². The average molecular weight is 431 g/mol. The van der Waals surface area contributed by atoms with E-state index >= 15 is 0 Å². The Morgan fingerprint density at radius 2 is 1.65 bits per heavy atom. The van der Waals surface area contributed by atoms with Gasteiger partial charge < -0.3 is 34.4 Å². The predicted molar refractivity (Wildman–Crippen MR) is 119 cm³/mol. The summed E-state index contributed by atoms with van der Waals surface area (Å²) in [6.45, 7) is 5.90. The van der Waals surface area contributed by atoms with Crippen molar-refractivity contribution in [2.45, 2.75) is 20.0 Å². The van der Waals surface area contributed by atoms with Gasteiger partial charge in [-0.2, -0.15) is 0 Å². The van der Waals surface area contributed by atoms with Crippen molar-refractivity contribution in [1.29, 1.82) is 0 Å². The first kappa shape index (κ1) is 22.5. The number of carbonyl (C=O) groups is 1. The van der Waals surface area contributed by atoms with Crippen molar-refractivity contribution in [3.63, 3.8) is 0 Å². The van der Waals surface area contributed by atoms with Gasteiger partial charge in [0.15, 0.2) is 0 Å². The van der Waals surface area contributed by atoms with Gasteiger partial charge in [-0.25, -0.2) is 9.78 Å². The van der Waals surface area contributed by atoms with Gasteiger partial charge in [-0.05, 0) is 19.9 Å². The fourth-order valence-corrected chi connectivity index (χ4v) is 3.60. The number of aliphatic hydroxyl groups excluding tert-OH is 1. The maximum absolute atomic E-state index is 12.9. The van der Waals surface area contributed by atoms with Gasteiger partial charge in [-0.1, -0.05) is 0 Å². The van der Waals surface area contributed by atoms with Gasteiger partial charge in [-0.3, -0.25) is 0 Å². The van der Waals surface area contributed by atoms with Gasteiger partial charge >= 0.3 is 6.03 Å². The third kappa shape index (κ3) is 5.11. The van der Waals surface area contributed by atoms with Gasteiger partial charge in [0, 0.05) is 61.3 Å². The Balaban J connectivity index is 1.68. The average Bonchev–Trinajstić information content (AvgIpc) is 2.79. The van der Waals surface area contributed by atoms with Crippen molar-refractivity contribution < 1.29 is 24.1 Å². The quantitative estimate of drug-likeness (QED) is 0.727. The number of nitrogens with zero attached hydrogens (tertiary/aromatic N) is 3. The molecule has 0 aliphatic carbocycles.